The summed E-state index contributed by atoms with van der Waals surface area (Å²) in [5.41, 5.74) is 0. The summed E-state index contributed by atoms with van der Waals surface area (Å²) >= 11 is 0. The number of hydrogen-bond donors (Lipinski definition) is 1. The lowest BCUT2D eigenvalue weighted by Crippen LogP contribution is -2.31. The molecular formula is C15H24N4O. The van der Waals surface area contributed by atoms with Crippen LogP contribution in [0.1, 0.15) is 51.0 Å². The lowest BCUT2D eigenvalue weighted by atomic mass is 9.96. The molecule has 0 spiro atoms. The molecule has 1 aliphatic carbocycles. The van der Waals surface area contributed by atoms with Crippen molar-refractivity contribution >= 4 is 11.7 Å². The predicted molar refractivity (Wildman–Crippen MR) is 78.7 cm³/mol. The van der Waals surface area contributed by atoms with E-state index in [1.54, 1.807) is 0 Å². The third-order valence-electron chi connectivity index (χ3n) is 4.39. The smallest absolute Gasteiger partial charge is 0.239 e. The molecule has 5 heteroatoms. The molecular weight excluding hydrogens is 252 g/mol. The summed E-state index contributed by atoms with van der Waals surface area (Å²) in [5, 5.41) is 7.43. The van der Waals surface area contributed by atoms with Gasteiger partial charge < -0.3 is 5.32 Å². The van der Waals surface area contributed by atoms with Gasteiger partial charge in [0.1, 0.15) is 0 Å². The topological polar surface area (TPSA) is 50.2 Å². The Hall–Kier alpha value is -1.36. The summed E-state index contributed by atoms with van der Waals surface area (Å²) in [7, 11) is 0. The quantitative estimate of drug-likeness (QED) is 0.919. The molecule has 2 heterocycles. The Morgan fingerprint density at radius 1 is 1.20 bits per heavy atom. The van der Waals surface area contributed by atoms with Crippen LogP contribution in [0.15, 0.2) is 12.3 Å². The molecule has 2 fully saturated rings. The minimum Gasteiger partial charge on any atom is -0.308 e. The van der Waals surface area contributed by atoms with E-state index in [0.717, 1.165) is 13.1 Å². The number of nitrogens with one attached hydrogen (secondary N) is 1. The molecule has 0 unspecified atom stereocenters. The molecule has 20 heavy (non-hydrogen) atoms. The molecule has 1 aromatic rings. The maximum absolute atomic E-state index is 12.0. The van der Waals surface area contributed by atoms with Crippen LogP contribution in [0.25, 0.3) is 0 Å². The number of hydrogen-bond acceptors (Lipinski definition) is 3. The molecule has 0 bridgehead atoms. The number of likely N-dealkylation sites (tertiary alicyclic amines) is 1. The van der Waals surface area contributed by atoms with Crippen molar-refractivity contribution in [3.8, 4) is 0 Å². The van der Waals surface area contributed by atoms with E-state index in [-0.39, 0.29) is 5.91 Å². The van der Waals surface area contributed by atoms with Crippen molar-refractivity contribution < 1.29 is 4.79 Å². The van der Waals surface area contributed by atoms with E-state index in [4.69, 9.17) is 0 Å². The van der Waals surface area contributed by atoms with Crippen molar-refractivity contribution in [1.82, 2.24) is 14.7 Å². The van der Waals surface area contributed by atoms with Gasteiger partial charge in [-0.05, 0) is 38.8 Å². The summed E-state index contributed by atoms with van der Waals surface area (Å²) in [6, 6.07) is 2.43. The third kappa shape index (κ3) is 3.39. The predicted octanol–water partition coefficient (Wildman–Crippen LogP) is 2.42. The zero-order valence-corrected chi connectivity index (χ0v) is 12.1. The Morgan fingerprint density at radius 2 is 1.95 bits per heavy atom. The van der Waals surface area contributed by atoms with E-state index in [2.05, 4.69) is 15.3 Å². The summed E-state index contributed by atoms with van der Waals surface area (Å²) in [6.45, 7) is 2.59. The Balaban J connectivity index is 1.52. The van der Waals surface area contributed by atoms with Crippen molar-refractivity contribution in [3.63, 3.8) is 0 Å². The first-order valence-electron chi connectivity index (χ1n) is 7.88. The second-order valence-corrected chi connectivity index (χ2v) is 6.00. The van der Waals surface area contributed by atoms with Crippen LogP contribution in [0.4, 0.5) is 5.82 Å². The number of carbonyl (C=O) groups excluding carboxylic acids is 1. The molecule has 2 aliphatic rings. The standard InChI is InChI=1S/C15H24N4O/c20-15(12-18-9-4-5-10-18)16-14-8-11-19(17-14)13-6-2-1-3-7-13/h8,11,13H,1-7,9-10,12H2,(H,16,17,20). The lowest BCUT2D eigenvalue weighted by molar-refractivity contribution is -0.117. The highest BCUT2D eigenvalue weighted by atomic mass is 16.2. The molecule has 1 saturated carbocycles. The van der Waals surface area contributed by atoms with E-state index < -0.39 is 0 Å². The number of rotatable bonds is 4. The SMILES string of the molecule is O=C(CN1CCCC1)Nc1ccn(C2CCCCC2)n1. The van der Waals surface area contributed by atoms with Gasteiger partial charge in [0, 0.05) is 12.3 Å². The number of amides is 1. The van der Waals surface area contributed by atoms with Gasteiger partial charge in [0.2, 0.25) is 5.91 Å². The Kier molecular flexibility index (Phi) is 4.35. The van der Waals surface area contributed by atoms with Gasteiger partial charge in [0.15, 0.2) is 5.82 Å². The van der Waals surface area contributed by atoms with Gasteiger partial charge >= 0.3 is 0 Å². The second-order valence-electron chi connectivity index (χ2n) is 6.00. The summed E-state index contributed by atoms with van der Waals surface area (Å²) in [6.07, 6.45) is 10.8. The molecule has 3 rings (SSSR count). The van der Waals surface area contributed by atoms with Crippen LogP contribution in [0.5, 0.6) is 0 Å². The summed E-state index contributed by atoms with van der Waals surface area (Å²) < 4.78 is 2.03. The fraction of sp³-hybridized carbons (Fsp3) is 0.733. The van der Waals surface area contributed by atoms with Gasteiger partial charge in [0.25, 0.3) is 0 Å². The van der Waals surface area contributed by atoms with Gasteiger partial charge in [0.05, 0.1) is 12.6 Å². The number of nitrogens with zero attached hydrogens (tertiary/aromatic N) is 3. The molecule has 1 aliphatic heterocycles. The van der Waals surface area contributed by atoms with E-state index in [1.807, 2.05) is 16.9 Å². The number of aromatic nitrogens is 2. The second kappa shape index (κ2) is 6.39. The van der Waals surface area contributed by atoms with E-state index >= 15 is 0 Å². The Bertz CT molecular complexity index is 444. The first kappa shape index (κ1) is 13.6. The first-order chi connectivity index (χ1) is 9.81. The van der Waals surface area contributed by atoms with Crippen molar-refractivity contribution in [2.75, 3.05) is 25.0 Å². The molecule has 110 valence electrons. The molecule has 0 radical (unpaired) electrons. The Morgan fingerprint density at radius 3 is 2.70 bits per heavy atom. The monoisotopic (exact) mass is 276 g/mol. The van der Waals surface area contributed by atoms with Crippen LogP contribution in [-0.2, 0) is 4.79 Å². The number of anilines is 1. The van der Waals surface area contributed by atoms with E-state index in [9.17, 15) is 4.79 Å². The van der Waals surface area contributed by atoms with Crippen LogP contribution >= 0.6 is 0 Å². The van der Waals surface area contributed by atoms with Gasteiger partial charge in [-0.25, -0.2) is 0 Å². The van der Waals surface area contributed by atoms with E-state index in [0.29, 0.717) is 18.4 Å². The lowest BCUT2D eigenvalue weighted by Gasteiger charge is -2.21. The largest absolute Gasteiger partial charge is 0.308 e. The average Bonchev–Trinajstić information content (AvgIpc) is 3.11. The highest BCUT2D eigenvalue weighted by Crippen LogP contribution is 2.27. The maximum Gasteiger partial charge on any atom is 0.239 e. The highest BCUT2D eigenvalue weighted by Gasteiger charge is 2.18. The minimum absolute atomic E-state index is 0.0563. The molecule has 1 saturated heterocycles. The Labute approximate surface area is 120 Å². The molecule has 1 N–H and O–H groups in total. The van der Waals surface area contributed by atoms with E-state index in [1.165, 1.54) is 44.9 Å². The highest BCUT2D eigenvalue weighted by molar-refractivity contribution is 5.91. The van der Waals surface area contributed by atoms with Gasteiger partial charge in [-0.2, -0.15) is 5.10 Å². The summed E-state index contributed by atoms with van der Waals surface area (Å²) in [4.78, 5) is 14.2. The van der Waals surface area contributed by atoms with Crippen LogP contribution in [0.2, 0.25) is 0 Å². The minimum atomic E-state index is 0.0563. The zero-order chi connectivity index (χ0) is 13.8. The normalized spacial score (nSPS) is 21.2. The fourth-order valence-corrected chi connectivity index (χ4v) is 3.28. The maximum atomic E-state index is 12.0. The third-order valence-corrected chi connectivity index (χ3v) is 4.39. The number of carbonyl (C=O) groups is 1. The van der Waals surface area contributed by atoms with Crippen LogP contribution in [0, 0.1) is 0 Å². The van der Waals surface area contributed by atoms with Gasteiger partial charge in [-0.1, -0.05) is 19.3 Å². The average molecular weight is 276 g/mol. The van der Waals surface area contributed by atoms with Gasteiger partial charge in [-0.15, -0.1) is 0 Å². The van der Waals surface area contributed by atoms with Crippen molar-refractivity contribution in [2.24, 2.45) is 0 Å². The molecule has 0 aromatic carbocycles. The van der Waals surface area contributed by atoms with Crippen molar-refractivity contribution in [2.45, 2.75) is 51.0 Å². The molecule has 5 nitrogen and oxygen atoms in total. The van der Waals surface area contributed by atoms with Crippen molar-refractivity contribution in [1.29, 1.82) is 0 Å². The summed E-state index contributed by atoms with van der Waals surface area (Å²) in [5.74, 6) is 0.751. The van der Waals surface area contributed by atoms with Crippen molar-refractivity contribution in [3.05, 3.63) is 12.3 Å². The molecule has 0 atom stereocenters. The van der Waals surface area contributed by atoms with Crippen LogP contribution in [-0.4, -0.2) is 40.2 Å². The van der Waals surface area contributed by atoms with Crippen LogP contribution < -0.4 is 5.32 Å². The molecule has 1 aromatic heterocycles. The first-order valence-corrected chi connectivity index (χ1v) is 7.88. The fourth-order valence-electron chi connectivity index (χ4n) is 3.28. The molecule has 1 amide bonds. The van der Waals surface area contributed by atoms with Gasteiger partial charge in [-0.3, -0.25) is 14.4 Å². The van der Waals surface area contributed by atoms with Crippen LogP contribution in [0.3, 0.4) is 0 Å². The zero-order valence-electron chi connectivity index (χ0n) is 12.1.